The lowest BCUT2D eigenvalue weighted by Gasteiger charge is -2.10. The Bertz CT molecular complexity index is 491. The summed E-state index contributed by atoms with van der Waals surface area (Å²) in [5.41, 5.74) is 1.57. The van der Waals surface area contributed by atoms with Gasteiger partial charge in [0.2, 0.25) is 0 Å². The Balaban J connectivity index is 1.91. The van der Waals surface area contributed by atoms with Crippen molar-refractivity contribution in [3.05, 3.63) is 71.8 Å². The predicted molar refractivity (Wildman–Crippen MR) is 71.4 cm³/mol. The summed E-state index contributed by atoms with van der Waals surface area (Å²) in [5, 5.41) is 9.96. The molecular formula is C16H16O2. The van der Waals surface area contributed by atoms with Gasteiger partial charge >= 0.3 is 0 Å². The third-order valence-electron chi connectivity index (χ3n) is 2.92. The summed E-state index contributed by atoms with van der Waals surface area (Å²) in [6.45, 7) is 0. The lowest BCUT2D eigenvalue weighted by Crippen LogP contribution is -2.03. The first kappa shape index (κ1) is 12.5. The topological polar surface area (TPSA) is 37.3 Å². The van der Waals surface area contributed by atoms with Gasteiger partial charge in [0.15, 0.2) is 5.78 Å². The standard InChI is InChI=1S/C16H16O2/c17-15(13-7-3-1-4-8-13)11-12-16(18)14-9-5-2-6-10-14/h1-10,15,17H,11-12H2. The molecule has 0 aliphatic rings. The Morgan fingerprint density at radius 3 is 2.11 bits per heavy atom. The number of benzene rings is 2. The summed E-state index contributed by atoms with van der Waals surface area (Å²) in [7, 11) is 0. The molecule has 2 aromatic carbocycles. The maximum Gasteiger partial charge on any atom is 0.162 e. The zero-order valence-corrected chi connectivity index (χ0v) is 10.1. The molecular weight excluding hydrogens is 224 g/mol. The quantitative estimate of drug-likeness (QED) is 0.813. The second kappa shape index (κ2) is 6.12. The monoisotopic (exact) mass is 240 g/mol. The molecule has 0 aromatic heterocycles. The Labute approximate surface area is 107 Å². The Hall–Kier alpha value is -1.93. The first-order chi connectivity index (χ1) is 8.77. The van der Waals surface area contributed by atoms with Crippen LogP contribution in [0.5, 0.6) is 0 Å². The van der Waals surface area contributed by atoms with Crippen LogP contribution in [0.15, 0.2) is 60.7 Å². The second-order valence-corrected chi connectivity index (χ2v) is 4.25. The van der Waals surface area contributed by atoms with E-state index >= 15 is 0 Å². The minimum Gasteiger partial charge on any atom is -0.388 e. The molecule has 2 heteroatoms. The van der Waals surface area contributed by atoms with Crippen molar-refractivity contribution in [2.45, 2.75) is 18.9 Å². The van der Waals surface area contributed by atoms with E-state index in [1.165, 1.54) is 0 Å². The molecule has 92 valence electrons. The van der Waals surface area contributed by atoms with Crippen LogP contribution in [-0.2, 0) is 0 Å². The first-order valence-electron chi connectivity index (χ1n) is 6.08. The molecule has 0 saturated carbocycles. The van der Waals surface area contributed by atoms with Crippen LogP contribution in [0.4, 0.5) is 0 Å². The summed E-state index contributed by atoms with van der Waals surface area (Å²) in [6, 6.07) is 18.6. The van der Waals surface area contributed by atoms with E-state index in [1.54, 1.807) is 12.1 Å². The van der Waals surface area contributed by atoms with E-state index in [0.717, 1.165) is 5.56 Å². The van der Waals surface area contributed by atoms with Gasteiger partial charge in [-0.3, -0.25) is 4.79 Å². The van der Waals surface area contributed by atoms with Crippen molar-refractivity contribution < 1.29 is 9.90 Å². The van der Waals surface area contributed by atoms with Crippen LogP contribution in [0.3, 0.4) is 0 Å². The van der Waals surface area contributed by atoms with Gasteiger partial charge in [-0.15, -0.1) is 0 Å². The Morgan fingerprint density at radius 2 is 1.50 bits per heavy atom. The number of hydrogen-bond acceptors (Lipinski definition) is 2. The van der Waals surface area contributed by atoms with Gasteiger partial charge in [-0.05, 0) is 12.0 Å². The zero-order chi connectivity index (χ0) is 12.8. The molecule has 0 heterocycles. The highest BCUT2D eigenvalue weighted by atomic mass is 16.3. The zero-order valence-electron chi connectivity index (χ0n) is 10.1. The van der Waals surface area contributed by atoms with E-state index in [1.807, 2.05) is 48.5 Å². The van der Waals surface area contributed by atoms with Gasteiger partial charge in [-0.25, -0.2) is 0 Å². The number of aliphatic hydroxyl groups is 1. The molecule has 1 unspecified atom stereocenters. The van der Waals surface area contributed by atoms with E-state index < -0.39 is 6.10 Å². The third-order valence-corrected chi connectivity index (χ3v) is 2.92. The van der Waals surface area contributed by atoms with E-state index in [-0.39, 0.29) is 5.78 Å². The van der Waals surface area contributed by atoms with Gasteiger partial charge < -0.3 is 5.11 Å². The number of Topliss-reactive ketones (excluding diaryl/α,β-unsaturated/α-hetero) is 1. The van der Waals surface area contributed by atoms with Gasteiger partial charge in [-0.1, -0.05) is 60.7 Å². The molecule has 1 N–H and O–H groups in total. The van der Waals surface area contributed by atoms with Crippen LogP contribution < -0.4 is 0 Å². The average Bonchev–Trinajstić information content (AvgIpc) is 2.46. The number of carbonyl (C=O) groups is 1. The van der Waals surface area contributed by atoms with Gasteiger partial charge in [-0.2, -0.15) is 0 Å². The summed E-state index contributed by atoms with van der Waals surface area (Å²) < 4.78 is 0. The van der Waals surface area contributed by atoms with Crippen LogP contribution >= 0.6 is 0 Å². The molecule has 0 aliphatic carbocycles. The molecule has 0 amide bonds. The first-order valence-corrected chi connectivity index (χ1v) is 6.08. The van der Waals surface area contributed by atoms with Crippen molar-refractivity contribution in [1.29, 1.82) is 0 Å². The fourth-order valence-corrected chi connectivity index (χ4v) is 1.88. The van der Waals surface area contributed by atoms with Crippen molar-refractivity contribution in [2.75, 3.05) is 0 Å². The molecule has 2 nitrogen and oxygen atoms in total. The number of ketones is 1. The number of rotatable bonds is 5. The van der Waals surface area contributed by atoms with E-state index in [2.05, 4.69) is 0 Å². The van der Waals surface area contributed by atoms with Crippen molar-refractivity contribution in [3.63, 3.8) is 0 Å². The smallest absolute Gasteiger partial charge is 0.162 e. The molecule has 18 heavy (non-hydrogen) atoms. The highest BCUT2D eigenvalue weighted by Crippen LogP contribution is 2.19. The molecule has 0 bridgehead atoms. The van der Waals surface area contributed by atoms with Crippen molar-refractivity contribution >= 4 is 5.78 Å². The lowest BCUT2D eigenvalue weighted by atomic mass is 10.0. The summed E-state index contributed by atoms with van der Waals surface area (Å²) in [5.74, 6) is 0.0746. The summed E-state index contributed by atoms with van der Waals surface area (Å²) in [6.07, 6.45) is 0.247. The molecule has 0 saturated heterocycles. The van der Waals surface area contributed by atoms with Crippen LogP contribution in [0, 0.1) is 0 Å². The van der Waals surface area contributed by atoms with Crippen LogP contribution in [0.2, 0.25) is 0 Å². The molecule has 0 aliphatic heterocycles. The van der Waals surface area contributed by atoms with Gasteiger partial charge in [0.1, 0.15) is 0 Å². The fraction of sp³-hybridized carbons (Fsp3) is 0.188. The lowest BCUT2D eigenvalue weighted by molar-refractivity contribution is 0.0940. The maximum atomic E-state index is 11.9. The van der Waals surface area contributed by atoms with Crippen molar-refractivity contribution in [3.8, 4) is 0 Å². The molecule has 0 spiro atoms. The molecule has 2 aromatic rings. The van der Waals surface area contributed by atoms with Crippen molar-refractivity contribution in [1.82, 2.24) is 0 Å². The number of carbonyl (C=O) groups excluding carboxylic acids is 1. The summed E-state index contributed by atoms with van der Waals surface area (Å²) >= 11 is 0. The predicted octanol–water partition coefficient (Wildman–Crippen LogP) is 3.38. The van der Waals surface area contributed by atoms with E-state index in [9.17, 15) is 9.90 Å². The van der Waals surface area contributed by atoms with Gasteiger partial charge in [0, 0.05) is 12.0 Å². The minimum absolute atomic E-state index is 0.0746. The maximum absolute atomic E-state index is 11.9. The van der Waals surface area contributed by atoms with Crippen LogP contribution in [-0.4, -0.2) is 10.9 Å². The normalized spacial score (nSPS) is 12.1. The molecule has 0 fully saturated rings. The Kier molecular flexibility index (Phi) is 4.26. The fourth-order valence-electron chi connectivity index (χ4n) is 1.88. The largest absolute Gasteiger partial charge is 0.388 e. The molecule has 2 rings (SSSR count). The van der Waals surface area contributed by atoms with Crippen LogP contribution in [0.25, 0.3) is 0 Å². The summed E-state index contributed by atoms with van der Waals surface area (Å²) in [4.78, 5) is 11.9. The van der Waals surface area contributed by atoms with Crippen molar-refractivity contribution in [2.24, 2.45) is 0 Å². The number of aliphatic hydroxyl groups excluding tert-OH is 1. The Morgan fingerprint density at radius 1 is 0.944 bits per heavy atom. The van der Waals surface area contributed by atoms with Gasteiger partial charge in [0.25, 0.3) is 0 Å². The van der Waals surface area contributed by atoms with Crippen LogP contribution in [0.1, 0.15) is 34.9 Å². The minimum atomic E-state index is -0.570. The average molecular weight is 240 g/mol. The molecule has 0 radical (unpaired) electrons. The van der Waals surface area contributed by atoms with Gasteiger partial charge in [0.05, 0.1) is 6.10 Å². The highest BCUT2D eigenvalue weighted by Gasteiger charge is 2.11. The number of hydrogen-bond donors (Lipinski definition) is 1. The van der Waals surface area contributed by atoms with E-state index in [4.69, 9.17) is 0 Å². The van der Waals surface area contributed by atoms with E-state index in [0.29, 0.717) is 18.4 Å². The third kappa shape index (κ3) is 3.28. The SMILES string of the molecule is O=C(CCC(O)c1ccccc1)c1ccccc1. The second-order valence-electron chi connectivity index (χ2n) is 4.25. The molecule has 1 atom stereocenters. The highest BCUT2D eigenvalue weighted by molar-refractivity contribution is 5.95.